The molecule has 2 aliphatic rings. The Kier molecular flexibility index (Phi) is 6.12. The Labute approximate surface area is 136 Å². The van der Waals surface area contributed by atoms with Crippen molar-refractivity contribution in [1.29, 1.82) is 0 Å². The molecule has 7 heteroatoms. The number of carboxylic acid groups (broad SMARTS) is 1. The molecule has 0 radical (unpaired) electrons. The van der Waals surface area contributed by atoms with Gasteiger partial charge in [-0.15, -0.1) is 0 Å². The number of nitrogens with one attached hydrogen (secondary N) is 2. The molecule has 2 amide bonds. The van der Waals surface area contributed by atoms with Crippen LogP contribution >= 0.6 is 0 Å². The topological polar surface area (TPSA) is 98.7 Å². The molecule has 2 rings (SSSR count). The van der Waals surface area contributed by atoms with Gasteiger partial charge < -0.3 is 15.7 Å². The monoisotopic (exact) mass is 325 g/mol. The predicted octanol–water partition coefficient (Wildman–Crippen LogP) is 0.345. The fourth-order valence-electron chi connectivity index (χ4n) is 3.34. The van der Waals surface area contributed by atoms with Crippen molar-refractivity contribution < 1.29 is 19.5 Å². The number of carbonyl (C=O) groups is 3. The maximum Gasteiger partial charge on any atom is 0.327 e. The van der Waals surface area contributed by atoms with Gasteiger partial charge in [0.15, 0.2) is 0 Å². The van der Waals surface area contributed by atoms with Crippen molar-refractivity contribution in [1.82, 2.24) is 15.5 Å². The highest BCUT2D eigenvalue weighted by Gasteiger charge is 2.43. The lowest BCUT2D eigenvalue weighted by Crippen LogP contribution is -2.59. The van der Waals surface area contributed by atoms with Crippen LogP contribution in [0, 0.1) is 5.92 Å². The number of carboxylic acids is 1. The Morgan fingerprint density at radius 2 is 1.57 bits per heavy atom. The van der Waals surface area contributed by atoms with E-state index in [1.807, 2.05) is 6.92 Å². The summed E-state index contributed by atoms with van der Waals surface area (Å²) in [5.41, 5.74) is 0. The highest BCUT2D eigenvalue weighted by molar-refractivity contribution is 6.03. The first-order valence-corrected chi connectivity index (χ1v) is 8.53. The molecule has 4 unspecified atom stereocenters. The minimum absolute atomic E-state index is 0.289. The van der Waals surface area contributed by atoms with E-state index in [1.54, 1.807) is 6.92 Å². The smallest absolute Gasteiger partial charge is 0.327 e. The summed E-state index contributed by atoms with van der Waals surface area (Å²) in [7, 11) is 0. The summed E-state index contributed by atoms with van der Waals surface area (Å²) in [6, 6.07) is -2.01. The maximum atomic E-state index is 12.9. The zero-order valence-electron chi connectivity index (χ0n) is 13.9. The molecule has 4 atom stereocenters. The average molecular weight is 325 g/mol. The van der Waals surface area contributed by atoms with Crippen molar-refractivity contribution in [3.63, 3.8) is 0 Å². The van der Waals surface area contributed by atoms with Gasteiger partial charge in [0, 0.05) is 0 Å². The van der Waals surface area contributed by atoms with E-state index < -0.39 is 35.9 Å². The lowest BCUT2D eigenvalue weighted by Gasteiger charge is -2.34. The van der Waals surface area contributed by atoms with Crippen molar-refractivity contribution >= 4 is 17.8 Å². The molecule has 0 aromatic heterocycles. The molecule has 0 aromatic rings. The number of nitrogens with zero attached hydrogens (tertiary/aromatic N) is 1. The van der Waals surface area contributed by atoms with Crippen LogP contribution in [0.25, 0.3) is 0 Å². The highest BCUT2D eigenvalue weighted by Crippen LogP contribution is 2.21. The summed E-state index contributed by atoms with van der Waals surface area (Å²) in [5, 5.41) is 15.8. The molecule has 7 nitrogen and oxygen atoms in total. The minimum atomic E-state index is -1.11. The number of imide groups is 1. The zero-order valence-corrected chi connectivity index (χ0v) is 13.9. The third-order valence-corrected chi connectivity index (χ3v) is 4.91. The first kappa shape index (κ1) is 17.9. The number of hydrogen-bond donors (Lipinski definition) is 3. The van der Waals surface area contributed by atoms with E-state index in [1.165, 1.54) is 0 Å². The van der Waals surface area contributed by atoms with Crippen LogP contribution in [0.1, 0.15) is 46.0 Å². The Morgan fingerprint density at radius 3 is 1.87 bits per heavy atom. The Balaban J connectivity index is 2.29. The summed E-state index contributed by atoms with van der Waals surface area (Å²) in [6.45, 7) is 5.09. The van der Waals surface area contributed by atoms with Crippen molar-refractivity contribution in [2.45, 2.75) is 64.1 Å². The van der Waals surface area contributed by atoms with Gasteiger partial charge in [-0.25, -0.2) is 4.79 Å². The second-order valence-corrected chi connectivity index (χ2v) is 6.51. The molecule has 0 aliphatic carbocycles. The third kappa shape index (κ3) is 3.90. The zero-order chi connectivity index (χ0) is 17.0. The van der Waals surface area contributed by atoms with Crippen molar-refractivity contribution in [2.75, 3.05) is 13.1 Å². The number of amides is 2. The van der Waals surface area contributed by atoms with E-state index in [0.29, 0.717) is 19.3 Å². The molecular formula is C16H27N3O4. The molecule has 2 aliphatic heterocycles. The van der Waals surface area contributed by atoms with Crippen LogP contribution in [-0.4, -0.2) is 59.0 Å². The molecule has 23 heavy (non-hydrogen) atoms. The maximum absolute atomic E-state index is 12.9. The van der Waals surface area contributed by atoms with Gasteiger partial charge in [0.1, 0.15) is 6.04 Å². The van der Waals surface area contributed by atoms with Crippen LogP contribution in [0.5, 0.6) is 0 Å². The molecule has 2 saturated heterocycles. The predicted molar refractivity (Wildman–Crippen MR) is 84.8 cm³/mol. The highest BCUT2D eigenvalue weighted by atomic mass is 16.4. The van der Waals surface area contributed by atoms with E-state index in [2.05, 4.69) is 10.6 Å². The summed E-state index contributed by atoms with van der Waals surface area (Å²) in [6.07, 6.45) is 3.60. The summed E-state index contributed by atoms with van der Waals surface area (Å²) >= 11 is 0. The first-order valence-electron chi connectivity index (χ1n) is 8.53. The van der Waals surface area contributed by atoms with Gasteiger partial charge in [0.05, 0.1) is 12.1 Å². The second-order valence-electron chi connectivity index (χ2n) is 6.51. The van der Waals surface area contributed by atoms with E-state index in [-0.39, 0.29) is 5.92 Å². The lowest BCUT2D eigenvalue weighted by molar-refractivity contribution is -0.162. The van der Waals surface area contributed by atoms with Crippen molar-refractivity contribution in [2.24, 2.45) is 5.92 Å². The average Bonchev–Trinajstić information content (AvgIpc) is 3.23. The SMILES string of the molecule is CCC(C)C(C(=O)O)N(C(=O)C1CCCN1)C(=O)C1CCCN1. The largest absolute Gasteiger partial charge is 0.480 e. The van der Waals surface area contributed by atoms with E-state index in [4.69, 9.17) is 0 Å². The van der Waals surface area contributed by atoms with Crippen LogP contribution in [0.3, 0.4) is 0 Å². The van der Waals surface area contributed by atoms with Gasteiger partial charge in [-0.2, -0.15) is 0 Å². The molecule has 2 heterocycles. The molecule has 0 saturated carbocycles. The number of aliphatic carboxylic acids is 1. The van der Waals surface area contributed by atoms with Gasteiger partial charge in [0.2, 0.25) is 11.8 Å². The van der Waals surface area contributed by atoms with E-state index in [9.17, 15) is 19.5 Å². The second kappa shape index (κ2) is 7.88. The van der Waals surface area contributed by atoms with Crippen molar-refractivity contribution in [3.05, 3.63) is 0 Å². The Hall–Kier alpha value is -1.47. The molecule has 0 bridgehead atoms. The quantitative estimate of drug-likeness (QED) is 0.609. The van der Waals surface area contributed by atoms with Crippen LogP contribution < -0.4 is 10.6 Å². The standard InChI is InChI=1S/C16H27N3O4/c1-3-10(2)13(16(22)23)19(14(20)11-6-4-8-17-11)15(21)12-7-5-9-18-12/h10-13,17-18H,3-9H2,1-2H3,(H,22,23). The molecule has 130 valence electrons. The summed E-state index contributed by atoms with van der Waals surface area (Å²) in [4.78, 5) is 38.5. The Bertz CT molecular complexity index is 428. The fourth-order valence-corrected chi connectivity index (χ4v) is 3.34. The van der Waals surface area contributed by atoms with Crippen LogP contribution in [0.15, 0.2) is 0 Å². The minimum Gasteiger partial charge on any atom is -0.480 e. The number of hydrogen-bond acceptors (Lipinski definition) is 5. The molecule has 2 fully saturated rings. The van der Waals surface area contributed by atoms with Gasteiger partial charge in [-0.1, -0.05) is 20.3 Å². The van der Waals surface area contributed by atoms with Crippen LogP contribution in [0.4, 0.5) is 0 Å². The van der Waals surface area contributed by atoms with E-state index in [0.717, 1.165) is 30.8 Å². The summed E-state index contributed by atoms with van der Waals surface area (Å²) < 4.78 is 0. The third-order valence-electron chi connectivity index (χ3n) is 4.91. The molecule has 0 aromatic carbocycles. The van der Waals surface area contributed by atoms with Crippen LogP contribution in [0.2, 0.25) is 0 Å². The van der Waals surface area contributed by atoms with Crippen LogP contribution in [-0.2, 0) is 14.4 Å². The first-order chi connectivity index (χ1) is 11.0. The van der Waals surface area contributed by atoms with E-state index >= 15 is 0 Å². The Morgan fingerprint density at radius 1 is 1.09 bits per heavy atom. The van der Waals surface area contributed by atoms with Crippen molar-refractivity contribution in [3.8, 4) is 0 Å². The van der Waals surface area contributed by atoms with Gasteiger partial charge >= 0.3 is 5.97 Å². The molecular weight excluding hydrogens is 298 g/mol. The van der Waals surface area contributed by atoms with Gasteiger partial charge in [-0.05, 0) is 44.7 Å². The number of carbonyl (C=O) groups excluding carboxylic acids is 2. The molecule has 0 spiro atoms. The van der Waals surface area contributed by atoms with Gasteiger partial charge in [0.25, 0.3) is 0 Å². The number of rotatable bonds is 6. The normalized spacial score (nSPS) is 26.7. The summed E-state index contributed by atoms with van der Waals surface area (Å²) in [5.74, 6) is -2.19. The fraction of sp³-hybridized carbons (Fsp3) is 0.812. The lowest BCUT2D eigenvalue weighted by atomic mass is 9.95. The van der Waals surface area contributed by atoms with Gasteiger partial charge in [-0.3, -0.25) is 14.5 Å². The molecule has 3 N–H and O–H groups in total.